The van der Waals surface area contributed by atoms with Crippen molar-refractivity contribution in [2.24, 2.45) is 5.92 Å². The van der Waals surface area contributed by atoms with E-state index in [1.165, 1.54) is 4.57 Å². The Morgan fingerprint density at radius 1 is 1.08 bits per heavy atom. The number of carbonyl (C=O) groups is 2. The molecule has 1 unspecified atom stereocenters. The summed E-state index contributed by atoms with van der Waals surface area (Å²) < 4.78 is 39.7. The molecular formula is C25H24F3N5O3. The maximum atomic E-state index is 12.8. The van der Waals surface area contributed by atoms with Crippen molar-refractivity contribution in [3.8, 4) is 5.82 Å². The van der Waals surface area contributed by atoms with Gasteiger partial charge in [-0.1, -0.05) is 25.0 Å². The van der Waals surface area contributed by atoms with Crippen molar-refractivity contribution < 1.29 is 27.9 Å². The molecular weight excluding hydrogens is 475 g/mol. The van der Waals surface area contributed by atoms with Gasteiger partial charge in [-0.15, -0.1) is 0 Å². The number of benzene rings is 1. The number of rotatable bonds is 8. The molecule has 11 heteroatoms. The molecule has 1 atom stereocenters. The van der Waals surface area contributed by atoms with Crippen molar-refractivity contribution >= 4 is 17.6 Å². The number of aliphatic carboxylic acids is 1. The van der Waals surface area contributed by atoms with Gasteiger partial charge in [-0.25, -0.2) is 14.8 Å². The first-order valence-electron chi connectivity index (χ1n) is 11.3. The lowest BCUT2D eigenvalue weighted by atomic mass is 9.91. The molecule has 1 aromatic carbocycles. The van der Waals surface area contributed by atoms with Gasteiger partial charge >= 0.3 is 12.1 Å². The molecule has 0 saturated heterocycles. The first-order valence-corrected chi connectivity index (χ1v) is 11.3. The quantitative estimate of drug-likeness (QED) is 0.378. The number of carboxylic acid groups (broad SMARTS) is 1. The summed E-state index contributed by atoms with van der Waals surface area (Å²) in [7, 11) is 0. The van der Waals surface area contributed by atoms with Crippen LogP contribution in [-0.2, 0) is 11.0 Å². The highest BCUT2D eigenvalue weighted by molar-refractivity contribution is 5.95. The molecule has 188 valence electrons. The number of nitrogens with zero attached hydrogens (tertiary/aromatic N) is 3. The molecule has 8 nitrogen and oxygen atoms in total. The van der Waals surface area contributed by atoms with E-state index in [1.54, 1.807) is 30.5 Å². The van der Waals surface area contributed by atoms with Crippen LogP contribution < -0.4 is 10.6 Å². The van der Waals surface area contributed by atoms with Crippen molar-refractivity contribution in [3.63, 3.8) is 0 Å². The van der Waals surface area contributed by atoms with E-state index < -0.39 is 23.7 Å². The number of imidazole rings is 1. The van der Waals surface area contributed by atoms with Crippen molar-refractivity contribution in [1.29, 1.82) is 0 Å². The lowest BCUT2D eigenvalue weighted by molar-refractivity contribution is -0.141. The average Bonchev–Trinajstić information content (AvgIpc) is 3.55. The Morgan fingerprint density at radius 3 is 2.39 bits per heavy atom. The minimum atomic E-state index is -4.52. The Labute approximate surface area is 204 Å². The zero-order valence-electron chi connectivity index (χ0n) is 19.1. The van der Waals surface area contributed by atoms with Gasteiger partial charge in [0.15, 0.2) is 5.69 Å². The number of amides is 1. The van der Waals surface area contributed by atoms with Crippen molar-refractivity contribution in [2.75, 3.05) is 5.32 Å². The molecule has 1 aliphatic carbocycles. The number of alkyl halides is 3. The van der Waals surface area contributed by atoms with Gasteiger partial charge in [0.2, 0.25) is 0 Å². The zero-order valence-corrected chi connectivity index (χ0v) is 19.1. The first-order chi connectivity index (χ1) is 17.2. The minimum absolute atomic E-state index is 0.0470. The molecule has 3 N–H and O–H groups in total. The van der Waals surface area contributed by atoms with Crippen LogP contribution in [-0.4, -0.2) is 31.5 Å². The second-order valence-corrected chi connectivity index (χ2v) is 8.50. The molecule has 1 amide bonds. The Kier molecular flexibility index (Phi) is 7.37. The van der Waals surface area contributed by atoms with Crippen molar-refractivity contribution in [1.82, 2.24) is 19.9 Å². The van der Waals surface area contributed by atoms with E-state index in [0.29, 0.717) is 23.0 Å². The monoisotopic (exact) mass is 499 g/mol. The first kappa shape index (κ1) is 25.0. The summed E-state index contributed by atoms with van der Waals surface area (Å²) in [5.41, 5.74) is 1.10. The average molecular weight is 499 g/mol. The van der Waals surface area contributed by atoms with Gasteiger partial charge < -0.3 is 15.7 Å². The van der Waals surface area contributed by atoms with E-state index in [2.05, 4.69) is 20.6 Å². The summed E-state index contributed by atoms with van der Waals surface area (Å²) in [4.78, 5) is 30.4. The van der Waals surface area contributed by atoms with Crippen LogP contribution in [0.3, 0.4) is 0 Å². The summed E-state index contributed by atoms with van der Waals surface area (Å²) in [6, 6.07) is 10.4. The van der Waals surface area contributed by atoms with Crippen LogP contribution in [0.2, 0.25) is 0 Å². The maximum absolute atomic E-state index is 12.8. The molecule has 4 rings (SSSR count). The molecule has 1 fully saturated rings. The molecule has 3 aromatic rings. The number of halogens is 3. The Balaban J connectivity index is 1.49. The highest BCUT2D eigenvalue weighted by atomic mass is 19.4. The lowest BCUT2D eigenvalue weighted by Gasteiger charge is -2.26. The largest absolute Gasteiger partial charge is 0.478 e. The number of anilines is 1. The van der Waals surface area contributed by atoms with Gasteiger partial charge in [-0.3, -0.25) is 9.36 Å². The third kappa shape index (κ3) is 6.09. The molecule has 2 heterocycles. The standard InChI is InChI=1S/C25H24F3N5O3/c26-25(27,28)20-14-33(15-31-20)21-10-9-19(13-30-21)32-23(16-3-1-2-4-16)17-5-7-18(8-6-17)24(36)29-12-11-22(34)35/h5-16,23,32H,1-4H2,(H,29,36)(H,34,35)/b12-11+. The van der Waals surface area contributed by atoms with Gasteiger partial charge in [0.25, 0.3) is 5.91 Å². The van der Waals surface area contributed by atoms with E-state index in [-0.39, 0.29) is 6.04 Å². The SMILES string of the molecule is O=C(O)/C=C/NC(=O)c1ccc(C(Nc2ccc(-n3cnc(C(F)(F)F)c3)nc2)C2CCCC2)cc1. The molecule has 1 saturated carbocycles. The number of hydrogen-bond acceptors (Lipinski definition) is 5. The lowest BCUT2D eigenvalue weighted by Crippen LogP contribution is -2.20. The number of carboxylic acids is 1. The fourth-order valence-corrected chi connectivity index (χ4v) is 4.28. The highest BCUT2D eigenvalue weighted by Gasteiger charge is 2.33. The Bertz CT molecular complexity index is 1230. The third-order valence-corrected chi connectivity index (χ3v) is 6.05. The fourth-order valence-electron chi connectivity index (χ4n) is 4.28. The van der Waals surface area contributed by atoms with Crippen LogP contribution >= 0.6 is 0 Å². The van der Waals surface area contributed by atoms with Crippen LogP contribution in [0.1, 0.15) is 53.3 Å². The van der Waals surface area contributed by atoms with E-state index in [0.717, 1.165) is 56.0 Å². The van der Waals surface area contributed by atoms with Gasteiger partial charge in [0.1, 0.15) is 12.1 Å². The minimum Gasteiger partial charge on any atom is -0.478 e. The van der Waals surface area contributed by atoms with E-state index in [1.807, 2.05) is 12.1 Å². The Morgan fingerprint density at radius 2 is 1.81 bits per heavy atom. The predicted octanol–water partition coefficient (Wildman–Crippen LogP) is 4.96. The number of carbonyl (C=O) groups excluding carboxylic acids is 1. The number of pyridine rings is 1. The molecule has 0 spiro atoms. The number of hydrogen-bond donors (Lipinski definition) is 3. The van der Waals surface area contributed by atoms with Gasteiger partial charge in [-0.05, 0) is 48.6 Å². The molecule has 0 radical (unpaired) electrons. The third-order valence-electron chi connectivity index (χ3n) is 6.05. The van der Waals surface area contributed by atoms with Crippen LogP contribution in [0.15, 0.2) is 67.4 Å². The molecule has 0 aliphatic heterocycles. The number of aromatic nitrogens is 3. The van der Waals surface area contributed by atoms with Crippen molar-refractivity contribution in [2.45, 2.75) is 37.9 Å². The molecule has 0 bridgehead atoms. The van der Waals surface area contributed by atoms with Gasteiger partial charge in [0.05, 0.1) is 17.9 Å². The van der Waals surface area contributed by atoms with Crippen LogP contribution in [0.4, 0.5) is 18.9 Å². The summed E-state index contributed by atoms with van der Waals surface area (Å²) >= 11 is 0. The smallest absolute Gasteiger partial charge is 0.434 e. The maximum Gasteiger partial charge on any atom is 0.434 e. The zero-order chi connectivity index (χ0) is 25.7. The van der Waals surface area contributed by atoms with Crippen LogP contribution in [0.25, 0.3) is 5.82 Å². The van der Waals surface area contributed by atoms with Crippen LogP contribution in [0.5, 0.6) is 0 Å². The molecule has 36 heavy (non-hydrogen) atoms. The van der Waals surface area contributed by atoms with Crippen molar-refractivity contribution in [3.05, 3.63) is 84.2 Å². The van der Waals surface area contributed by atoms with E-state index in [4.69, 9.17) is 5.11 Å². The van der Waals surface area contributed by atoms with Gasteiger partial charge in [0, 0.05) is 24.0 Å². The van der Waals surface area contributed by atoms with E-state index >= 15 is 0 Å². The summed E-state index contributed by atoms with van der Waals surface area (Å²) in [6.07, 6.45) is 5.27. The summed E-state index contributed by atoms with van der Waals surface area (Å²) in [5, 5.41) is 14.5. The topological polar surface area (TPSA) is 109 Å². The predicted molar refractivity (Wildman–Crippen MR) is 125 cm³/mol. The molecule has 2 aromatic heterocycles. The van der Waals surface area contributed by atoms with E-state index in [9.17, 15) is 22.8 Å². The summed E-state index contributed by atoms with van der Waals surface area (Å²) in [5.74, 6) is -0.897. The molecule has 1 aliphatic rings. The highest BCUT2D eigenvalue weighted by Crippen LogP contribution is 2.38. The summed E-state index contributed by atoms with van der Waals surface area (Å²) in [6.45, 7) is 0. The van der Waals surface area contributed by atoms with Crippen LogP contribution in [0, 0.1) is 5.92 Å². The van der Waals surface area contributed by atoms with Gasteiger partial charge in [-0.2, -0.15) is 13.2 Å². The second-order valence-electron chi connectivity index (χ2n) is 8.50. The normalized spacial score (nSPS) is 15.2. The number of nitrogens with one attached hydrogen (secondary N) is 2. The fraction of sp³-hybridized carbons (Fsp3) is 0.280. The second kappa shape index (κ2) is 10.6. The Hall–Kier alpha value is -4.15.